The second-order valence-corrected chi connectivity index (χ2v) is 5.14. The highest BCUT2D eigenvalue weighted by atomic mass is 127. The lowest BCUT2D eigenvalue weighted by Gasteiger charge is -2.12. The van der Waals surface area contributed by atoms with Gasteiger partial charge in [-0.2, -0.15) is 0 Å². The van der Waals surface area contributed by atoms with Crippen LogP contribution >= 0.6 is 22.6 Å². The van der Waals surface area contributed by atoms with Gasteiger partial charge in [0.15, 0.2) is 0 Å². The lowest BCUT2D eigenvalue weighted by atomic mass is 10.1. The highest BCUT2D eigenvalue weighted by Crippen LogP contribution is 2.18. The molecule has 3 N–H and O–H groups in total. The third-order valence-electron chi connectivity index (χ3n) is 2.54. The van der Waals surface area contributed by atoms with Crippen molar-refractivity contribution < 1.29 is 9.59 Å². The number of hydrogen-bond donors (Lipinski definition) is 3. The van der Waals surface area contributed by atoms with Gasteiger partial charge in [-0.15, -0.1) is 0 Å². The zero-order chi connectivity index (χ0) is 12.4. The van der Waals surface area contributed by atoms with Gasteiger partial charge in [-0.3, -0.25) is 15.0 Å². The summed E-state index contributed by atoms with van der Waals surface area (Å²) >= 11 is 2.22. The van der Waals surface area contributed by atoms with Crippen LogP contribution in [0.1, 0.15) is 12.0 Å². The Labute approximate surface area is 112 Å². The smallest absolute Gasteiger partial charge is 0.243 e. The Bertz CT molecular complexity index is 476. The molecule has 0 aromatic heterocycles. The fourth-order valence-corrected chi connectivity index (χ4v) is 2.25. The van der Waals surface area contributed by atoms with Gasteiger partial charge in [0.2, 0.25) is 11.8 Å². The van der Waals surface area contributed by atoms with Crippen molar-refractivity contribution in [2.24, 2.45) is 0 Å². The summed E-state index contributed by atoms with van der Waals surface area (Å²) in [5.74, 6) is -0.364. The van der Waals surface area contributed by atoms with Crippen LogP contribution in [0.5, 0.6) is 0 Å². The molecule has 1 heterocycles. The number of anilines is 1. The van der Waals surface area contributed by atoms with E-state index in [0.29, 0.717) is 0 Å². The van der Waals surface area contributed by atoms with Crippen LogP contribution in [0.2, 0.25) is 0 Å². The molecule has 1 atom stereocenters. The van der Waals surface area contributed by atoms with E-state index in [-0.39, 0.29) is 18.2 Å². The number of nitrogens with one attached hydrogen (secondary N) is 3. The molecule has 6 heteroatoms. The molecule has 2 amide bonds. The first-order valence-corrected chi connectivity index (χ1v) is 6.25. The molecule has 1 aliphatic heterocycles. The SMILES string of the molecule is Cc1cc(I)ccc1NC(=O)C1CC(=O)NN1. The minimum absolute atomic E-state index is 0.163. The van der Waals surface area contributed by atoms with Crippen molar-refractivity contribution in [2.45, 2.75) is 19.4 Å². The molecular weight excluding hydrogens is 333 g/mol. The third-order valence-corrected chi connectivity index (χ3v) is 3.21. The van der Waals surface area contributed by atoms with Crippen molar-refractivity contribution in [3.8, 4) is 0 Å². The maximum Gasteiger partial charge on any atom is 0.243 e. The highest BCUT2D eigenvalue weighted by molar-refractivity contribution is 14.1. The van der Waals surface area contributed by atoms with E-state index in [4.69, 9.17) is 0 Å². The van der Waals surface area contributed by atoms with Crippen molar-refractivity contribution in [2.75, 3.05) is 5.32 Å². The molecule has 0 bridgehead atoms. The quantitative estimate of drug-likeness (QED) is 0.699. The maximum atomic E-state index is 11.8. The van der Waals surface area contributed by atoms with Crippen molar-refractivity contribution in [1.82, 2.24) is 10.9 Å². The average Bonchev–Trinajstić information content (AvgIpc) is 2.69. The number of carbonyl (C=O) groups excluding carboxylic acids is 2. The van der Waals surface area contributed by atoms with Crippen LogP contribution in [0.4, 0.5) is 5.69 Å². The lowest BCUT2D eigenvalue weighted by Crippen LogP contribution is -2.39. The number of halogens is 1. The first-order valence-electron chi connectivity index (χ1n) is 5.17. The molecule has 90 valence electrons. The van der Waals surface area contributed by atoms with Gasteiger partial charge in [0.25, 0.3) is 0 Å². The lowest BCUT2D eigenvalue weighted by molar-refractivity contribution is -0.121. The zero-order valence-electron chi connectivity index (χ0n) is 9.21. The number of carbonyl (C=O) groups is 2. The Hall–Kier alpha value is -1.15. The van der Waals surface area contributed by atoms with Gasteiger partial charge in [-0.05, 0) is 53.3 Å². The topological polar surface area (TPSA) is 70.2 Å². The number of hydrogen-bond acceptors (Lipinski definition) is 3. The van der Waals surface area contributed by atoms with E-state index in [1.165, 1.54) is 0 Å². The van der Waals surface area contributed by atoms with Gasteiger partial charge >= 0.3 is 0 Å². The number of aryl methyl sites for hydroxylation is 1. The normalized spacial score (nSPS) is 18.9. The summed E-state index contributed by atoms with van der Waals surface area (Å²) in [5.41, 5.74) is 6.83. The van der Waals surface area contributed by atoms with Crippen LogP contribution in [0, 0.1) is 10.5 Å². The Morgan fingerprint density at radius 1 is 1.53 bits per heavy atom. The maximum absolute atomic E-state index is 11.8. The van der Waals surface area contributed by atoms with Crippen LogP contribution in [0.25, 0.3) is 0 Å². The molecule has 1 saturated heterocycles. The van der Waals surface area contributed by atoms with Crippen molar-refractivity contribution in [3.05, 3.63) is 27.3 Å². The summed E-state index contributed by atoms with van der Waals surface area (Å²) in [6.07, 6.45) is 0.176. The van der Waals surface area contributed by atoms with Gasteiger partial charge in [-0.1, -0.05) is 0 Å². The van der Waals surface area contributed by atoms with Gasteiger partial charge in [0.05, 0.1) is 6.42 Å². The fraction of sp³-hybridized carbons (Fsp3) is 0.273. The zero-order valence-corrected chi connectivity index (χ0v) is 11.4. The van der Waals surface area contributed by atoms with E-state index in [0.717, 1.165) is 14.8 Å². The van der Waals surface area contributed by atoms with Crippen LogP contribution in [-0.2, 0) is 9.59 Å². The Morgan fingerprint density at radius 2 is 2.29 bits per heavy atom. The van der Waals surface area contributed by atoms with E-state index in [9.17, 15) is 9.59 Å². The molecule has 0 radical (unpaired) electrons. The van der Waals surface area contributed by atoms with E-state index in [2.05, 4.69) is 38.8 Å². The summed E-state index contributed by atoms with van der Waals surface area (Å²) in [6, 6.07) is 5.27. The van der Waals surface area contributed by atoms with Crippen molar-refractivity contribution in [1.29, 1.82) is 0 Å². The summed E-state index contributed by atoms with van der Waals surface area (Å²) < 4.78 is 1.12. The molecule has 0 spiro atoms. The Morgan fingerprint density at radius 3 is 2.88 bits per heavy atom. The van der Waals surface area contributed by atoms with Crippen LogP contribution in [0.15, 0.2) is 18.2 Å². The molecule has 17 heavy (non-hydrogen) atoms. The number of hydrazine groups is 1. The average molecular weight is 345 g/mol. The van der Waals surface area contributed by atoms with Crippen LogP contribution in [0.3, 0.4) is 0 Å². The Kier molecular flexibility index (Phi) is 3.63. The summed E-state index contributed by atoms with van der Waals surface area (Å²) in [4.78, 5) is 22.8. The number of rotatable bonds is 2. The highest BCUT2D eigenvalue weighted by Gasteiger charge is 2.27. The predicted molar refractivity (Wildman–Crippen MR) is 72.2 cm³/mol. The predicted octanol–water partition coefficient (Wildman–Crippen LogP) is 0.931. The van der Waals surface area contributed by atoms with Gasteiger partial charge in [0.1, 0.15) is 6.04 Å². The van der Waals surface area contributed by atoms with Gasteiger partial charge < -0.3 is 5.32 Å². The summed E-state index contributed by atoms with van der Waals surface area (Å²) in [5, 5.41) is 2.80. The minimum atomic E-state index is -0.499. The fourth-order valence-electron chi connectivity index (χ4n) is 1.60. The third kappa shape index (κ3) is 2.95. The molecule has 0 aliphatic carbocycles. The molecule has 5 nitrogen and oxygen atoms in total. The van der Waals surface area contributed by atoms with Crippen LogP contribution < -0.4 is 16.2 Å². The first kappa shape index (κ1) is 12.3. The van der Waals surface area contributed by atoms with Crippen molar-refractivity contribution >= 4 is 40.1 Å². The first-order chi connectivity index (χ1) is 8.06. The minimum Gasteiger partial charge on any atom is -0.324 e. The second-order valence-electron chi connectivity index (χ2n) is 3.90. The summed E-state index contributed by atoms with van der Waals surface area (Å²) in [6.45, 7) is 1.93. The second kappa shape index (κ2) is 5.01. The Balaban J connectivity index is 2.05. The molecule has 1 aromatic rings. The van der Waals surface area contributed by atoms with Gasteiger partial charge in [-0.25, -0.2) is 5.43 Å². The largest absolute Gasteiger partial charge is 0.324 e. The number of benzene rings is 1. The van der Waals surface area contributed by atoms with E-state index in [1.54, 1.807) is 0 Å². The molecule has 0 saturated carbocycles. The van der Waals surface area contributed by atoms with E-state index >= 15 is 0 Å². The molecule has 1 aromatic carbocycles. The molecule has 1 fully saturated rings. The van der Waals surface area contributed by atoms with E-state index < -0.39 is 6.04 Å². The summed E-state index contributed by atoms with van der Waals surface area (Å²) in [7, 11) is 0. The number of amides is 2. The molecule has 1 aliphatic rings. The molecule has 2 rings (SSSR count). The molecular formula is C11H12IN3O2. The van der Waals surface area contributed by atoms with E-state index in [1.807, 2.05) is 25.1 Å². The van der Waals surface area contributed by atoms with Crippen LogP contribution in [-0.4, -0.2) is 17.9 Å². The van der Waals surface area contributed by atoms with Crippen molar-refractivity contribution in [3.63, 3.8) is 0 Å². The van der Waals surface area contributed by atoms with Gasteiger partial charge in [0, 0.05) is 9.26 Å². The molecule has 1 unspecified atom stereocenters. The monoisotopic (exact) mass is 345 g/mol. The standard InChI is InChI=1S/C11H12IN3O2/c1-6-4-7(12)2-3-8(6)13-11(17)9-5-10(16)15-14-9/h2-4,9,14H,5H2,1H3,(H,13,17)(H,15,16).